The van der Waals surface area contributed by atoms with E-state index >= 15 is 0 Å². The van der Waals surface area contributed by atoms with Gasteiger partial charge in [-0.1, -0.05) is 74.2 Å². The van der Waals surface area contributed by atoms with Gasteiger partial charge in [0, 0.05) is 12.6 Å². The number of nitrogens with zero attached hydrogens (tertiary/aromatic N) is 2. The molecule has 41 heavy (non-hydrogen) atoms. The first-order valence-corrected chi connectivity index (χ1v) is 15.6. The van der Waals surface area contributed by atoms with Crippen molar-refractivity contribution in [3.63, 3.8) is 0 Å². The Labute approximate surface area is 242 Å². The summed E-state index contributed by atoms with van der Waals surface area (Å²) in [4.78, 5) is 29.1. The molecule has 0 aromatic heterocycles. The van der Waals surface area contributed by atoms with E-state index in [1.165, 1.54) is 29.2 Å². The number of halogens is 1. The third kappa shape index (κ3) is 7.73. The van der Waals surface area contributed by atoms with Gasteiger partial charge in [-0.2, -0.15) is 0 Å². The monoisotopic (exact) mass is 579 g/mol. The Morgan fingerprint density at radius 3 is 2.17 bits per heavy atom. The largest absolute Gasteiger partial charge is 0.352 e. The van der Waals surface area contributed by atoms with Crippen molar-refractivity contribution >= 4 is 27.5 Å². The standard InChI is InChI=1S/C32H38FN3O4S/c1-3-30(32(38)34-27-10-6-4-7-11-27)35(22-25-16-18-26(33)19-17-25)31(37)23-36(28-12-8-5-9-13-28)41(39,40)29-20-14-24(2)15-21-29/h5,8-9,12-21,27,30H,3-4,6-7,10-11,22-23H2,1-2H3,(H,34,38)/t30-/m1/s1. The number of anilines is 1. The van der Waals surface area contributed by atoms with E-state index in [9.17, 15) is 22.4 Å². The number of carbonyl (C=O) groups is 2. The molecule has 7 nitrogen and oxygen atoms in total. The Morgan fingerprint density at radius 1 is 0.927 bits per heavy atom. The van der Waals surface area contributed by atoms with E-state index < -0.39 is 34.3 Å². The minimum Gasteiger partial charge on any atom is -0.352 e. The lowest BCUT2D eigenvalue weighted by Gasteiger charge is -2.34. The molecule has 0 unspecified atom stereocenters. The van der Waals surface area contributed by atoms with Crippen LogP contribution in [0.15, 0.2) is 83.8 Å². The van der Waals surface area contributed by atoms with Crippen molar-refractivity contribution in [2.75, 3.05) is 10.8 Å². The van der Waals surface area contributed by atoms with Crippen molar-refractivity contribution in [1.82, 2.24) is 10.2 Å². The molecule has 3 aromatic rings. The number of amides is 2. The van der Waals surface area contributed by atoms with Crippen molar-refractivity contribution in [3.8, 4) is 0 Å². The van der Waals surface area contributed by atoms with Gasteiger partial charge in [0.05, 0.1) is 10.6 Å². The Morgan fingerprint density at radius 2 is 1.56 bits per heavy atom. The summed E-state index contributed by atoms with van der Waals surface area (Å²) in [5, 5.41) is 3.12. The maximum atomic E-state index is 14.1. The second-order valence-corrected chi connectivity index (χ2v) is 12.4. The highest BCUT2D eigenvalue weighted by molar-refractivity contribution is 7.92. The van der Waals surface area contributed by atoms with Gasteiger partial charge in [-0.05, 0) is 68.1 Å². The molecule has 0 spiro atoms. The second-order valence-electron chi connectivity index (χ2n) is 10.6. The molecule has 1 aliphatic carbocycles. The van der Waals surface area contributed by atoms with E-state index in [4.69, 9.17) is 0 Å². The van der Waals surface area contributed by atoms with Crippen molar-refractivity contribution < 1.29 is 22.4 Å². The zero-order valence-electron chi connectivity index (χ0n) is 23.6. The van der Waals surface area contributed by atoms with Gasteiger partial charge in [-0.3, -0.25) is 13.9 Å². The van der Waals surface area contributed by atoms with Crippen LogP contribution in [0.5, 0.6) is 0 Å². The lowest BCUT2D eigenvalue weighted by atomic mass is 9.95. The maximum absolute atomic E-state index is 14.1. The molecule has 0 aliphatic heterocycles. The van der Waals surface area contributed by atoms with Crippen LogP contribution in [0.2, 0.25) is 0 Å². The van der Waals surface area contributed by atoms with Gasteiger partial charge in [0.1, 0.15) is 18.4 Å². The Bertz CT molecular complexity index is 1410. The van der Waals surface area contributed by atoms with E-state index in [2.05, 4.69) is 5.32 Å². The molecular weight excluding hydrogens is 541 g/mol. The molecule has 3 aromatic carbocycles. The fraction of sp³-hybridized carbons (Fsp3) is 0.375. The Kier molecular flexibility index (Phi) is 10.2. The van der Waals surface area contributed by atoms with Crippen LogP contribution in [0.4, 0.5) is 10.1 Å². The lowest BCUT2D eigenvalue weighted by molar-refractivity contribution is -0.140. The molecule has 4 rings (SSSR count). The van der Waals surface area contributed by atoms with Gasteiger partial charge in [0.15, 0.2) is 0 Å². The highest BCUT2D eigenvalue weighted by atomic mass is 32.2. The zero-order chi connectivity index (χ0) is 29.4. The molecule has 218 valence electrons. The number of sulfonamides is 1. The SMILES string of the molecule is CC[C@H](C(=O)NC1CCCCC1)N(Cc1ccc(F)cc1)C(=O)CN(c1ccccc1)S(=O)(=O)c1ccc(C)cc1. The molecule has 0 bridgehead atoms. The fourth-order valence-electron chi connectivity index (χ4n) is 5.21. The van der Waals surface area contributed by atoms with Gasteiger partial charge in [-0.15, -0.1) is 0 Å². The first-order valence-electron chi connectivity index (χ1n) is 14.2. The predicted molar refractivity (Wildman–Crippen MR) is 158 cm³/mol. The normalized spacial score (nSPS) is 14.7. The minimum absolute atomic E-state index is 0.0307. The maximum Gasteiger partial charge on any atom is 0.264 e. The average molecular weight is 580 g/mol. The molecule has 1 saturated carbocycles. The quantitative estimate of drug-likeness (QED) is 0.321. The topological polar surface area (TPSA) is 86.8 Å². The van der Waals surface area contributed by atoms with Crippen molar-refractivity contribution in [3.05, 3.63) is 95.8 Å². The fourth-order valence-corrected chi connectivity index (χ4v) is 6.62. The summed E-state index contributed by atoms with van der Waals surface area (Å²) in [6.45, 7) is 3.22. The lowest BCUT2D eigenvalue weighted by Crippen LogP contribution is -2.54. The van der Waals surface area contributed by atoms with Crippen LogP contribution < -0.4 is 9.62 Å². The van der Waals surface area contributed by atoms with Crippen LogP contribution >= 0.6 is 0 Å². The van der Waals surface area contributed by atoms with Crippen LogP contribution in [-0.4, -0.2) is 43.8 Å². The number of carbonyl (C=O) groups excluding carboxylic acids is 2. The number of hydrogen-bond acceptors (Lipinski definition) is 4. The average Bonchev–Trinajstić information content (AvgIpc) is 2.98. The molecule has 0 heterocycles. The van der Waals surface area contributed by atoms with Gasteiger partial charge in [0.25, 0.3) is 10.0 Å². The molecule has 2 amide bonds. The van der Waals surface area contributed by atoms with E-state index in [-0.39, 0.29) is 23.4 Å². The third-order valence-corrected chi connectivity index (χ3v) is 9.32. The third-order valence-electron chi connectivity index (χ3n) is 7.54. The zero-order valence-corrected chi connectivity index (χ0v) is 24.4. The summed E-state index contributed by atoms with van der Waals surface area (Å²) in [7, 11) is -4.12. The van der Waals surface area contributed by atoms with Crippen molar-refractivity contribution in [2.24, 2.45) is 0 Å². The van der Waals surface area contributed by atoms with Crippen LogP contribution in [-0.2, 0) is 26.2 Å². The summed E-state index contributed by atoms with van der Waals surface area (Å²) in [6.07, 6.45) is 5.35. The number of rotatable bonds is 11. The van der Waals surface area contributed by atoms with Crippen molar-refractivity contribution in [1.29, 1.82) is 0 Å². The van der Waals surface area contributed by atoms with Crippen LogP contribution in [0.3, 0.4) is 0 Å². The second kappa shape index (κ2) is 13.8. The van der Waals surface area contributed by atoms with E-state index in [0.29, 0.717) is 17.7 Å². The van der Waals surface area contributed by atoms with Gasteiger partial charge >= 0.3 is 0 Å². The van der Waals surface area contributed by atoms with Crippen LogP contribution in [0.25, 0.3) is 0 Å². The molecule has 1 fully saturated rings. The summed E-state index contributed by atoms with van der Waals surface area (Å²) in [6, 6.07) is 19.9. The number of benzene rings is 3. The molecule has 0 saturated heterocycles. The highest BCUT2D eigenvalue weighted by Crippen LogP contribution is 2.25. The number of hydrogen-bond donors (Lipinski definition) is 1. The van der Waals surface area contributed by atoms with Gasteiger partial charge < -0.3 is 10.2 Å². The van der Waals surface area contributed by atoms with E-state index in [1.54, 1.807) is 54.6 Å². The summed E-state index contributed by atoms with van der Waals surface area (Å²) >= 11 is 0. The molecule has 1 N–H and O–H groups in total. The summed E-state index contributed by atoms with van der Waals surface area (Å²) in [5.41, 5.74) is 1.88. The van der Waals surface area contributed by atoms with E-state index in [1.807, 2.05) is 13.8 Å². The smallest absolute Gasteiger partial charge is 0.264 e. The Hall–Kier alpha value is -3.72. The van der Waals surface area contributed by atoms with Crippen molar-refractivity contribution in [2.45, 2.75) is 75.9 Å². The van der Waals surface area contributed by atoms with Crippen LogP contribution in [0, 0.1) is 12.7 Å². The summed E-state index contributed by atoms with van der Waals surface area (Å²) in [5.74, 6) is -1.20. The highest BCUT2D eigenvalue weighted by Gasteiger charge is 2.34. The molecular formula is C32H38FN3O4S. The molecule has 0 radical (unpaired) electrons. The number of aryl methyl sites for hydroxylation is 1. The summed E-state index contributed by atoms with van der Waals surface area (Å²) < 4.78 is 42.5. The molecule has 1 aliphatic rings. The van der Waals surface area contributed by atoms with Gasteiger partial charge in [0.2, 0.25) is 11.8 Å². The predicted octanol–water partition coefficient (Wildman–Crippen LogP) is 5.59. The first kappa shape index (κ1) is 30.2. The van der Waals surface area contributed by atoms with Gasteiger partial charge in [-0.25, -0.2) is 12.8 Å². The molecule has 9 heteroatoms. The van der Waals surface area contributed by atoms with E-state index in [0.717, 1.165) is 42.0 Å². The minimum atomic E-state index is -4.12. The number of nitrogens with one attached hydrogen (secondary N) is 1. The number of para-hydroxylation sites is 1. The first-order chi connectivity index (χ1) is 19.7. The van der Waals surface area contributed by atoms with Crippen LogP contribution in [0.1, 0.15) is 56.6 Å². The Balaban J connectivity index is 1.68. The molecule has 1 atom stereocenters.